The molecule has 0 aliphatic carbocycles. The number of hydrogen-bond donors (Lipinski definition) is 0. The maximum absolute atomic E-state index is 13.3. The zero-order valence-corrected chi connectivity index (χ0v) is 10.3. The molecule has 0 atom stereocenters. The van der Waals surface area contributed by atoms with Gasteiger partial charge in [0, 0.05) is 4.75 Å². The highest BCUT2D eigenvalue weighted by atomic mass is 32.2. The molecule has 0 fully saturated rings. The summed E-state index contributed by atoms with van der Waals surface area (Å²) < 4.78 is 64.6. The third-order valence-electron chi connectivity index (χ3n) is 2.40. The molecule has 1 aromatic rings. The highest BCUT2D eigenvalue weighted by molar-refractivity contribution is 8.00. The fraction of sp³-hybridized carbons (Fsp3) is 0.455. The molecule has 96 valence electrons. The summed E-state index contributed by atoms with van der Waals surface area (Å²) >= 11 is 0.639. The van der Waals surface area contributed by atoms with Crippen molar-refractivity contribution in [1.29, 1.82) is 0 Å². The zero-order valence-electron chi connectivity index (χ0n) is 9.51. The first-order valence-electron chi connectivity index (χ1n) is 4.91. The molecule has 0 aliphatic heterocycles. The van der Waals surface area contributed by atoms with Crippen LogP contribution in [0.3, 0.4) is 0 Å². The number of thioether (sulfide) groups is 1. The van der Waals surface area contributed by atoms with E-state index in [-0.39, 0.29) is 0 Å². The van der Waals surface area contributed by atoms with Gasteiger partial charge < -0.3 is 0 Å². The van der Waals surface area contributed by atoms with Crippen LogP contribution in [-0.2, 0) is 0 Å². The lowest BCUT2D eigenvalue weighted by Crippen LogP contribution is -2.14. The summed E-state index contributed by atoms with van der Waals surface area (Å²) in [6.07, 6.45) is 0.525. The first-order chi connectivity index (χ1) is 7.71. The minimum Gasteiger partial charge on any atom is -0.202 e. The van der Waals surface area contributed by atoms with Crippen LogP contribution < -0.4 is 0 Å². The molecule has 17 heavy (non-hydrogen) atoms. The highest BCUT2D eigenvalue weighted by Gasteiger charge is 2.29. The van der Waals surface area contributed by atoms with Gasteiger partial charge in [-0.1, -0.05) is 20.8 Å². The number of rotatable bonds is 3. The van der Waals surface area contributed by atoms with Crippen LogP contribution in [0.15, 0.2) is 4.90 Å². The van der Waals surface area contributed by atoms with E-state index in [2.05, 4.69) is 0 Å². The Kier molecular flexibility index (Phi) is 4.06. The Labute approximate surface area is 100 Å². The molecule has 0 nitrogen and oxygen atoms in total. The zero-order chi connectivity index (χ0) is 13.4. The topological polar surface area (TPSA) is 0 Å². The van der Waals surface area contributed by atoms with Crippen molar-refractivity contribution in [2.75, 3.05) is 0 Å². The second-order valence-electron chi connectivity index (χ2n) is 4.11. The molecule has 0 heterocycles. The Morgan fingerprint density at radius 2 is 1.18 bits per heavy atom. The second-order valence-corrected chi connectivity index (χ2v) is 5.83. The van der Waals surface area contributed by atoms with Crippen LogP contribution in [0.1, 0.15) is 27.2 Å². The predicted molar refractivity (Wildman–Crippen MR) is 56.5 cm³/mol. The summed E-state index contributed by atoms with van der Waals surface area (Å²) in [7, 11) is 0. The average molecular weight is 270 g/mol. The molecule has 0 aliphatic rings. The number of halogens is 5. The summed E-state index contributed by atoms with van der Waals surface area (Å²) in [4.78, 5) is -0.826. The van der Waals surface area contributed by atoms with E-state index in [1.165, 1.54) is 0 Å². The molecule has 0 saturated heterocycles. The second kappa shape index (κ2) is 4.84. The Morgan fingerprint density at radius 3 is 1.53 bits per heavy atom. The van der Waals surface area contributed by atoms with Gasteiger partial charge in [0.1, 0.15) is 0 Å². The normalized spacial score (nSPS) is 12.0. The van der Waals surface area contributed by atoms with Crippen molar-refractivity contribution in [1.82, 2.24) is 0 Å². The Bertz CT molecular complexity index is 413. The van der Waals surface area contributed by atoms with Crippen LogP contribution in [0.25, 0.3) is 0 Å². The summed E-state index contributed by atoms with van der Waals surface area (Å²) in [5.74, 6) is -9.48. The third-order valence-corrected chi connectivity index (χ3v) is 3.80. The van der Waals surface area contributed by atoms with Gasteiger partial charge >= 0.3 is 0 Å². The molecule has 0 spiro atoms. The fourth-order valence-corrected chi connectivity index (χ4v) is 2.08. The molecule has 0 amide bonds. The third kappa shape index (κ3) is 2.73. The molecule has 6 heteroatoms. The lowest BCUT2D eigenvalue weighted by atomic mass is 10.1. The van der Waals surface area contributed by atoms with Gasteiger partial charge in [0.25, 0.3) is 0 Å². The first-order valence-corrected chi connectivity index (χ1v) is 5.73. The lowest BCUT2D eigenvalue weighted by Gasteiger charge is -2.22. The molecule has 0 bridgehead atoms. The molecule has 0 aromatic heterocycles. The maximum Gasteiger partial charge on any atom is 0.200 e. The van der Waals surface area contributed by atoms with Crippen LogP contribution in [0.5, 0.6) is 0 Å². The molecular formula is C11H11F5S. The van der Waals surface area contributed by atoms with E-state index in [1.807, 2.05) is 0 Å². The quantitative estimate of drug-likeness (QED) is 0.333. The summed E-state index contributed by atoms with van der Waals surface area (Å²) in [6.45, 7) is 5.09. The highest BCUT2D eigenvalue weighted by Crippen LogP contribution is 2.39. The Balaban J connectivity index is 3.35. The van der Waals surface area contributed by atoms with Crippen molar-refractivity contribution in [3.63, 3.8) is 0 Å². The predicted octanol–water partition coefficient (Wildman–Crippen LogP) is 4.66. The molecule has 1 rings (SSSR count). The number of hydrogen-bond acceptors (Lipinski definition) is 1. The van der Waals surface area contributed by atoms with E-state index in [4.69, 9.17) is 0 Å². The van der Waals surface area contributed by atoms with Crippen molar-refractivity contribution in [2.24, 2.45) is 0 Å². The van der Waals surface area contributed by atoms with E-state index >= 15 is 0 Å². The van der Waals surface area contributed by atoms with Crippen LogP contribution in [0, 0.1) is 29.1 Å². The van der Waals surface area contributed by atoms with Crippen LogP contribution >= 0.6 is 11.8 Å². The van der Waals surface area contributed by atoms with Gasteiger partial charge in [0.15, 0.2) is 23.3 Å². The van der Waals surface area contributed by atoms with Crippen LogP contribution in [0.2, 0.25) is 0 Å². The minimum absolute atomic E-state index is 0.525. The van der Waals surface area contributed by atoms with Crippen molar-refractivity contribution in [2.45, 2.75) is 36.8 Å². The van der Waals surface area contributed by atoms with E-state index in [9.17, 15) is 22.0 Å². The van der Waals surface area contributed by atoms with Gasteiger partial charge in [-0.05, 0) is 6.42 Å². The fourth-order valence-electron chi connectivity index (χ4n) is 1.02. The molecule has 1 aromatic carbocycles. The van der Waals surface area contributed by atoms with Gasteiger partial charge in [0.05, 0.1) is 4.90 Å². The van der Waals surface area contributed by atoms with Crippen molar-refractivity contribution in [3.8, 4) is 0 Å². The standard InChI is InChI=1S/C11H11F5S/c1-4-11(2,3)17-10-8(15)6(13)5(12)7(14)9(10)16/h4H2,1-3H3. The summed E-state index contributed by atoms with van der Waals surface area (Å²) in [5, 5.41) is 0. The van der Waals surface area contributed by atoms with Gasteiger partial charge in [-0.15, -0.1) is 11.8 Å². The Hall–Kier alpha value is -0.780. The van der Waals surface area contributed by atoms with E-state index in [0.717, 1.165) is 0 Å². The molecular weight excluding hydrogens is 259 g/mol. The van der Waals surface area contributed by atoms with Gasteiger partial charge in [0.2, 0.25) is 5.82 Å². The number of benzene rings is 1. The smallest absolute Gasteiger partial charge is 0.200 e. The summed E-state index contributed by atoms with van der Waals surface area (Å²) in [6, 6.07) is 0. The lowest BCUT2D eigenvalue weighted by molar-refractivity contribution is 0.360. The molecule has 0 saturated carbocycles. The van der Waals surface area contributed by atoms with Gasteiger partial charge in [-0.3, -0.25) is 0 Å². The Morgan fingerprint density at radius 1 is 0.824 bits per heavy atom. The minimum atomic E-state index is -2.13. The van der Waals surface area contributed by atoms with Gasteiger partial charge in [-0.2, -0.15) is 0 Å². The van der Waals surface area contributed by atoms with E-state index < -0.39 is 38.7 Å². The summed E-state index contributed by atoms with van der Waals surface area (Å²) in [5.41, 5.74) is 0. The van der Waals surface area contributed by atoms with Crippen LogP contribution in [0.4, 0.5) is 22.0 Å². The van der Waals surface area contributed by atoms with Crippen molar-refractivity contribution >= 4 is 11.8 Å². The van der Waals surface area contributed by atoms with Crippen molar-refractivity contribution < 1.29 is 22.0 Å². The van der Waals surface area contributed by atoms with E-state index in [1.54, 1.807) is 20.8 Å². The largest absolute Gasteiger partial charge is 0.202 e. The average Bonchev–Trinajstić information content (AvgIpc) is 2.30. The molecule has 0 unspecified atom stereocenters. The van der Waals surface area contributed by atoms with E-state index in [0.29, 0.717) is 18.2 Å². The van der Waals surface area contributed by atoms with Gasteiger partial charge in [-0.25, -0.2) is 22.0 Å². The molecule has 0 radical (unpaired) electrons. The monoisotopic (exact) mass is 270 g/mol. The molecule has 0 N–H and O–H groups in total. The SMILES string of the molecule is CCC(C)(C)Sc1c(F)c(F)c(F)c(F)c1F. The maximum atomic E-state index is 13.3. The van der Waals surface area contributed by atoms with Crippen molar-refractivity contribution in [3.05, 3.63) is 29.1 Å². The van der Waals surface area contributed by atoms with Crippen LogP contribution in [-0.4, -0.2) is 4.75 Å². The first kappa shape index (κ1) is 14.3.